The molecule has 5 atom stereocenters. The first-order valence-corrected chi connectivity index (χ1v) is 9.71. The summed E-state index contributed by atoms with van der Waals surface area (Å²) in [6.45, 7) is 2.50. The first-order valence-electron chi connectivity index (χ1n) is 9.71. The Balaban J connectivity index is 1.90. The molecule has 1 aromatic rings. The van der Waals surface area contributed by atoms with Gasteiger partial charge in [0.1, 0.15) is 5.75 Å². The number of allylic oxidation sites excluding steroid dienone is 1. The predicted molar refractivity (Wildman–Crippen MR) is 102 cm³/mol. The van der Waals surface area contributed by atoms with Crippen LogP contribution in [0.3, 0.4) is 0 Å². The molecule has 156 valence electrons. The van der Waals surface area contributed by atoms with Crippen molar-refractivity contribution in [1.82, 2.24) is 4.90 Å². The maximum absolute atomic E-state index is 12.8. The van der Waals surface area contributed by atoms with E-state index in [4.69, 9.17) is 9.47 Å². The second-order valence-electron chi connectivity index (χ2n) is 8.19. The Morgan fingerprint density at radius 1 is 1.31 bits per heavy atom. The highest BCUT2D eigenvalue weighted by Crippen LogP contribution is 2.48. The molecule has 3 aliphatic rings. The number of Topliss-reactive ketones (excluding diaryl/α,β-unsaturated/α-hetero) is 1. The zero-order valence-electron chi connectivity index (χ0n) is 16.4. The molecule has 4 rings (SSSR count). The van der Waals surface area contributed by atoms with Gasteiger partial charge in [0.2, 0.25) is 6.29 Å². The van der Waals surface area contributed by atoms with Crippen molar-refractivity contribution >= 4 is 11.8 Å². The molecule has 0 aromatic heterocycles. The smallest absolute Gasteiger partial charge is 0.336 e. The van der Waals surface area contributed by atoms with Gasteiger partial charge in [-0.25, -0.2) is 4.79 Å². The minimum atomic E-state index is -1.92. The van der Waals surface area contributed by atoms with Gasteiger partial charge in [-0.3, -0.25) is 4.79 Å². The Bertz CT molecular complexity index is 882. The van der Waals surface area contributed by atoms with Crippen molar-refractivity contribution in [1.29, 1.82) is 0 Å². The number of carboxylic acids is 1. The van der Waals surface area contributed by atoms with E-state index in [1.807, 2.05) is 18.0 Å². The highest BCUT2D eigenvalue weighted by atomic mass is 16.6. The number of β-amino-alcohol motifs (C(OH)–C–C–N with tert-alkyl or cyclic N) is 1. The summed E-state index contributed by atoms with van der Waals surface area (Å²) in [6.07, 6.45) is 2.18. The molecule has 8 nitrogen and oxygen atoms in total. The fourth-order valence-corrected chi connectivity index (χ4v) is 4.71. The number of ketones is 1. The van der Waals surface area contributed by atoms with Crippen LogP contribution in [-0.2, 0) is 20.7 Å². The Kier molecular flexibility index (Phi) is 4.98. The van der Waals surface area contributed by atoms with Gasteiger partial charge in [0.15, 0.2) is 11.4 Å². The Labute approximate surface area is 168 Å². The van der Waals surface area contributed by atoms with Gasteiger partial charge in [-0.15, -0.1) is 0 Å². The average molecular weight is 403 g/mol. The number of piperidine rings is 1. The lowest BCUT2D eigenvalue weighted by atomic mass is 9.74. The largest absolute Gasteiger partial charge is 0.479 e. The minimum absolute atomic E-state index is 0.328. The summed E-state index contributed by atoms with van der Waals surface area (Å²) in [5.74, 6) is -3.02. The third-order valence-electron chi connectivity index (χ3n) is 6.26. The molecule has 5 unspecified atom stereocenters. The van der Waals surface area contributed by atoms with Crippen molar-refractivity contribution in [3.8, 4) is 5.75 Å². The zero-order chi connectivity index (χ0) is 20.9. The molecule has 0 aliphatic carbocycles. The SMILES string of the molecule is CN1CCC(c2c(C3C(=O)C(O)OC3(C)C(=O)O)ccc3c2OC=CC3)C(O)C1. The molecule has 3 N–H and O–H groups in total. The number of carbonyl (C=O) groups is 2. The molecule has 29 heavy (non-hydrogen) atoms. The number of benzene rings is 1. The highest BCUT2D eigenvalue weighted by Gasteiger charge is 2.58. The molecule has 0 spiro atoms. The number of likely N-dealkylation sites (tertiary alicyclic amines) is 1. The number of rotatable bonds is 3. The Morgan fingerprint density at radius 2 is 2.07 bits per heavy atom. The average Bonchev–Trinajstić information content (AvgIpc) is 2.91. The number of carboxylic acid groups (broad SMARTS) is 1. The van der Waals surface area contributed by atoms with Gasteiger partial charge in [-0.1, -0.05) is 12.1 Å². The van der Waals surface area contributed by atoms with Crippen LogP contribution in [0.4, 0.5) is 0 Å². The fourth-order valence-electron chi connectivity index (χ4n) is 4.71. The van der Waals surface area contributed by atoms with E-state index in [0.717, 1.165) is 12.1 Å². The number of likely N-dealkylation sites (N-methyl/N-ethyl adjacent to an activating group) is 1. The number of ether oxygens (including phenoxy) is 2. The third-order valence-corrected chi connectivity index (χ3v) is 6.26. The number of carbonyl (C=O) groups excluding carboxylic acids is 1. The van der Waals surface area contributed by atoms with Crippen LogP contribution >= 0.6 is 0 Å². The summed E-state index contributed by atoms with van der Waals surface area (Å²) < 4.78 is 11.0. The van der Waals surface area contributed by atoms with E-state index in [0.29, 0.717) is 36.3 Å². The van der Waals surface area contributed by atoms with Crippen LogP contribution < -0.4 is 4.74 Å². The maximum atomic E-state index is 12.8. The summed E-state index contributed by atoms with van der Waals surface area (Å²) >= 11 is 0. The highest BCUT2D eigenvalue weighted by molar-refractivity contribution is 5.99. The first-order chi connectivity index (χ1) is 13.7. The number of hydrogen-bond acceptors (Lipinski definition) is 7. The van der Waals surface area contributed by atoms with E-state index in [-0.39, 0.29) is 5.92 Å². The van der Waals surface area contributed by atoms with Crippen LogP contribution in [0.2, 0.25) is 0 Å². The molecule has 0 bridgehead atoms. The number of aliphatic carboxylic acids is 1. The molecule has 3 heterocycles. The number of fused-ring (bicyclic) bond motifs is 1. The van der Waals surface area contributed by atoms with Gasteiger partial charge in [0.05, 0.1) is 18.3 Å². The van der Waals surface area contributed by atoms with Crippen LogP contribution in [0.1, 0.15) is 41.9 Å². The molecule has 3 aliphatic heterocycles. The summed E-state index contributed by atoms with van der Waals surface area (Å²) in [5, 5.41) is 30.6. The molecule has 1 aromatic carbocycles. The molecular formula is C21H25NO7. The second kappa shape index (κ2) is 7.21. The van der Waals surface area contributed by atoms with E-state index < -0.39 is 35.7 Å². The van der Waals surface area contributed by atoms with Crippen LogP contribution in [0.25, 0.3) is 0 Å². The van der Waals surface area contributed by atoms with E-state index in [1.165, 1.54) is 6.92 Å². The second-order valence-corrected chi connectivity index (χ2v) is 8.19. The van der Waals surface area contributed by atoms with Crippen LogP contribution in [0, 0.1) is 0 Å². The molecule has 0 radical (unpaired) electrons. The Hall–Kier alpha value is -2.26. The topological polar surface area (TPSA) is 117 Å². The van der Waals surface area contributed by atoms with Crippen molar-refractivity contribution in [2.45, 2.75) is 49.6 Å². The molecule has 2 fully saturated rings. The van der Waals surface area contributed by atoms with Crippen molar-refractivity contribution in [2.75, 3.05) is 20.1 Å². The monoisotopic (exact) mass is 403 g/mol. The summed E-state index contributed by atoms with van der Waals surface area (Å²) in [6, 6.07) is 3.52. The third kappa shape index (κ3) is 3.16. The molecular weight excluding hydrogens is 378 g/mol. The van der Waals surface area contributed by atoms with Gasteiger partial charge in [0.25, 0.3) is 0 Å². The first kappa shape index (κ1) is 20.0. The number of nitrogens with zero attached hydrogens (tertiary/aromatic N) is 1. The summed E-state index contributed by atoms with van der Waals surface area (Å²) in [7, 11) is 1.92. The van der Waals surface area contributed by atoms with Crippen LogP contribution in [0.15, 0.2) is 24.5 Å². The van der Waals surface area contributed by atoms with Crippen LogP contribution in [-0.4, -0.2) is 70.1 Å². The van der Waals surface area contributed by atoms with Gasteiger partial charge < -0.3 is 29.7 Å². The minimum Gasteiger partial charge on any atom is -0.479 e. The van der Waals surface area contributed by atoms with Gasteiger partial charge in [-0.05, 0) is 50.6 Å². The zero-order valence-corrected chi connectivity index (χ0v) is 16.4. The number of aliphatic hydroxyl groups is 2. The van der Waals surface area contributed by atoms with E-state index in [1.54, 1.807) is 18.4 Å². The summed E-state index contributed by atoms with van der Waals surface area (Å²) in [5.41, 5.74) is 0.0526. The molecule has 8 heteroatoms. The Morgan fingerprint density at radius 3 is 2.76 bits per heavy atom. The van der Waals surface area contributed by atoms with Crippen molar-refractivity contribution < 1.29 is 34.4 Å². The lowest BCUT2D eigenvalue weighted by molar-refractivity contribution is -0.180. The van der Waals surface area contributed by atoms with Crippen molar-refractivity contribution in [3.63, 3.8) is 0 Å². The summed E-state index contributed by atoms with van der Waals surface area (Å²) in [4.78, 5) is 26.8. The number of aliphatic hydroxyl groups excluding tert-OH is 2. The lowest BCUT2D eigenvalue weighted by Crippen LogP contribution is -2.43. The molecule has 0 amide bonds. The van der Waals surface area contributed by atoms with Crippen molar-refractivity contribution in [2.24, 2.45) is 0 Å². The fraction of sp³-hybridized carbons (Fsp3) is 0.524. The van der Waals surface area contributed by atoms with Gasteiger partial charge >= 0.3 is 5.97 Å². The van der Waals surface area contributed by atoms with E-state index in [9.17, 15) is 24.9 Å². The van der Waals surface area contributed by atoms with Gasteiger partial charge in [0, 0.05) is 18.0 Å². The van der Waals surface area contributed by atoms with E-state index >= 15 is 0 Å². The molecule has 2 saturated heterocycles. The van der Waals surface area contributed by atoms with Gasteiger partial charge in [-0.2, -0.15) is 0 Å². The maximum Gasteiger partial charge on any atom is 0.336 e. The molecule has 0 saturated carbocycles. The van der Waals surface area contributed by atoms with Crippen molar-refractivity contribution in [3.05, 3.63) is 41.2 Å². The predicted octanol–water partition coefficient (Wildman–Crippen LogP) is 0.760. The number of hydrogen-bond donors (Lipinski definition) is 3. The standard InChI is InChI=1S/C21H25NO7/c1-21(20(26)27)16(17(24)19(25)29-21)13-6-5-11-4-3-9-28-18(11)15(13)12-7-8-22(2)10-14(12)23/h3,5-6,9,12,14,16,19,23,25H,4,7-8,10H2,1-2H3,(H,26,27). The van der Waals surface area contributed by atoms with E-state index in [2.05, 4.69) is 0 Å². The quantitative estimate of drug-likeness (QED) is 0.677. The van der Waals surface area contributed by atoms with Crippen LogP contribution in [0.5, 0.6) is 5.75 Å². The lowest BCUT2D eigenvalue weighted by Gasteiger charge is -2.37. The normalized spacial score (nSPS) is 34.7.